The van der Waals surface area contributed by atoms with Gasteiger partial charge < -0.3 is 4.90 Å². The van der Waals surface area contributed by atoms with Crippen LogP contribution in [0, 0.1) is 17.2 Å². The molecular formula is C11H14ClN3. The molecule has 0 aromatic carbocycles. The Morgan fingerprint density at radius 1 is 1.60 bits per heavy atom. The Kier molecular flexibility index (Phi) is 4.38. The SMILES string of the molecule is CCN(CC(C)C#N)c1ccc(Cl)cn1. The number of rotatable bonds is 4. The molecule has 3 nitrogen and oxygen atoms in total. The second-order valence-electron chi connectivity index (χ2n) is 3.40. The predicted molar refractivity (Wildman–Crippen MR) is 61.9 cm³/mol. The molecule has 1 heterocycles. The normalized spacial score (nSPS) is 11.9. The molecule has 4 heteroatoms. The van der Waals surface area contributed by atoms with Crippen molar-refractivity contribution in [1.82, 2.24) is 4.98 Å². The lowest BCUT2D eigenvalue weighted by molar-refractivity contribution is 0.679. The molecule has 1 aromatic heterocycles. The topological polar surface area (TPSA) is 39.9 Å². The highest BCUT2D eigenvalue weighted by molar-refractivity contribution is 6.30. The van der Waals surface area contributed by atoms with E-state index in [1.807, 2.05) is 26.0 Å². The van der Waals surface area contributed by atoms with Crippen LogP contribution in [0.25, 0.3) is 0 Å². The van der Waals surface area contributed by atoms with Gasteiger partial charge in [-0.15, -0.1) is 0 Å². The molecule has 0 fully saturated rings. The number of anilines is 1. The third-order valence-corrected chi connectivity index (χ3v) is 2.36. The average molecular weight is 224 g/mol. The fourth-order valence-corrected chi connectivity index (χ4v) is 1.42. The molecule has 1 unspecified atom stereocenters. The van der Waals surface area contributed by atoms with Crippen LogP contribution in [-0.2, 0) is 0 Å². The van der Waals surface area contributed by atoms with Gasteiger partial charge in [-0.25, -0.2) is 4.98 Å². The molecular weight excluding hydrogens is 210 g/mol. The van der Waals surface area contributed by atoms with E-state index < -0.39 is 0 Å². The van der Waals surface area contributed by atoms with Gasteiger partial charge in [0.2, 0.25) is 0 Å². The number of pyridine rings is 1. The summed E-state index contributed by atoms with van der Waals surface area (Å²) in [5.41, 5.74) is 0. The fraction of sp³-hybridized carbons (Fsp3) is 0.455. The Morgan fingerprint density at radius 2 is 2.33 bits per heavy atom. The molecule has 80 valence electrons. The average Bonchev–Trinajstić information content (AvgIpc) is 2.27. The largest absolute Gasteiger partial charge is 0.356 e. The Bertz CT molecular complexity index is 342. The Hall–Kier alpha value is -1.27. The first-order valence-corrected chi connectivity index (χ1v) is 5.31. The molecule has 1 rings (SSSR count). The Balaban J connectivity index is 2.75. The smallest absolute Gasteiger partial charge is 0.128 e. The number of hydrogen-bond donors (Lipinski definition) is 0. The number of hydrogen-bond acceptors (Lipinski definition) is 3. The fourth-order valence-electron chi connectivity index (χ4n) is 1.31. The van der Waals surface area contributed by atoms with Crippen molar-refractivity contribution in [3.8, 4) is 6.07 Å². The summed E-state index contributed by atoms with van der Waals surface area (Å²) in [5, 5.41) is 9.38. The standard InChI is InChI=1S/C11H14ClN3/c1-3-15(8-9(2)6-13)11-5-4-10(12)7-14-11/h4-5,7,9H,3,8H2,1-2H3. The summed E-state index contributed by atoms with van der Waals surface area (Å²) in [6.07, 6.45) is 1.62. The van der Waals surface area contributed by atoms with Crippen LogP contribution in [0.3, 0.4) is 0 Å². The number of nitrogens with zero attached hydrogens (tertiary/aromatic N) is 3. The highest BCUT2D eigenvalue weighted by atomic mass is 35.5. The molecule has 0 N–H and O–H groups in total. The van der Waals surface area contributed by atoms with Gasteiger partial charge in [0.15, 0.2) is 0 Å². The molecule has 0 aliphatic carbocycles. The van der Waals surface area contributed by atoms with E-state index in [0.717, 1.165) is 12.4 Å². The quantitative estimate of drug-likeness (QED) is 0.788. The maximum absolute atomic E-state index is 8.75. The van der Waals surface area contributed by atoms with Gasteiger partial charge in [0.05, 0.1) is 17.0 Å². The Labute approximate surface area is 95.3 Å². The van der Waals surface area contributed by atoms with Crippen LogP contribution < -0.4 is 4.90 Å². The van der Waals surface area contributed by atoms with Crippen LogP contribution in [0.15, 0.2) is 18.3 Å². The molecule has 0 amide bonds. The molecule has 0 radical (unpaired) electrons. The lowest BCUT2D eigenvalue weighted by Crippen LogP contribution is -2.28. The zero-order valence-corrected chi connectivity index (χ0v) is 9.70. The van der Waals surface area contributed by atoms with Gasteiger partial charge in [0.1, 0.15) is 5.82 Å². The maximum atomic E-state index is 8.75. The summed E-state index contributed by atoms with van der Waals surface area (Å²) in [7, 11) is 0. The third-order valence-electron chi connectivity index (χ3n) is 2.13. The minimum Gasteiger partial charge on any atom is -0.356 e. The van der Waals surface area contributed by atoms with Crippen molar-refractivity contribution in [2.75, 3.05) is 18.0 Å². The van der Waals surface area contributed by atoms with E-state index in [2.05, 4.69) is 16.0 Å². The second-order valence-corrected chi connectivity index (χ2v) is 3.84. The minimum atomic E-state index is 0.00225. The van der Waals surface area contributed by atoms with E-state index >= 15 is 0 Å². The molecule has 0 spiro atoms. The highest BCUT2D eigenvalue weighted by Gasteiger charge is 2.09. The molecule has 0 aliphatic rings. The molecule has 0 aliphatic heterocycles. The lowest BCUT2D eigenvalue weighted by atomic mass is 10.2. The maximum Gasteiger partial charge on any atom is 0.128 e. The predicted octanol–water partition coefficient (Wildman–Crippen LogP) is 2.72. The van der Waals surface area contributed by atoms with Crippen LogP contribution in [0.1, 0.15) is 13.8 Å². The van der Waals surface area contributed by atoms with Crippen LogP contribution in [0.4, 0.5) is 5.82 Å². The first-order valence-electron chi connectivity index (χ1n) is 4.93. The van der Waals surface area contributed by atoms with Crippen molar-refractivity contribution < 1.29 is 0 Å². The number of halogens is 1. The first-order chi connectivity index (χ1) is 7.17. The van der Waals surface area contributed by atoms with Gasteiger partial charge in [-0.05, 0) is 26.0 Å². The zero-order valence-electron chi connectivity index (χ0n) is 8.94. The molecule has 0 saturated carbocycles. The van der Waals surface area contributed by atoms with Crippen molar-refractivity contribution in [2.45, 2.75) is 13.8 Å². The van der Waals surface area contributed by atoms with Crippen molar-refractivity contribution in [3.05, 3.63) is 23.4 Å². The minimum absolute atomic E-state index is 0.00225. The van der Waals surface area contributed by atoms with Crippen LogP contribution >= 0.6 is 11.6 Å². The molecule has 0 saturated heterocycles. The van der Waals surface area contributed by atoms with Gasteiger partial charge in [-0.2, -0.15) is 5.26 Å². The summed E-state index contributed by atoms with van der Waals surface area (Å²) in [4.78, 5) is 6.28. The van der Waals surface area contributed by atoms with Crippen LogP contribution in [0.2, 0.25) is 5.02 Å². The van der Waals surface area contributed by atoms with Crippen molar-refractivity contribution in [2.24, 2.45) is 5.92 Å². The molecule has 0 bridgehead atoms. The van der Waals surface area contributed by atoms with Gasteiger partial charge >= 0.3 is 0 Å². The summed E-state index contributed by atoms with van der Waals surface area (Å²) >= 11 is 5.76. The van der Waals surface area contributed by atoms with Crippen LogP contribution in [-0.4, -0.2) is 18.1 Å². The van der Waals surface area contributed by atoms with Gasteiger partial charge in [-0.3, -0.25) is 0 Å². The van der Waals surface area contributed by atoms with Crippen molar-refractivity contribution in [1.29, 1.82) is 5.26 Å². The first kappa shape index (κ1) is 11.8. The van der Waals surface area contributed by atoms with E-state index in [-0.39, 0.29) is 5.92 Å². The molecule has 1 atom stereocenters. The summed E-state index contributed by atoms with van der Waals surface area (Å²) < 4.78 is 0. The van der Waals surface area contributed by atoms with Gasteiger partial charge in [0.25, 0.3) is 0 Å². The van der Waals surface area contributed by atoms with E-state index in [0.29, 0.717) is 11.6 Å². The zero-order chi connectivity index (χ0) is 11.3. The molecule has 1 aromatic rings. The Morgan fingerprint density at radius 3 is 2.80 bits per heavy atom. The lowest BCUT2D eigenvalue weighted by Gasteiger charge is -2.22. The van der Waals surface area contributed by atoms with E-state index in [1.54, 1.807) is 6.20 Å². The number of aromatic nitrogens is 1. The third kappa shape index (κ3) is 3.41. The van der Waals surface area contributed by atoms with E-state index in [9.17, 15) is 0 Å². The van der Waals surface area contributed by atoms with Crippen molar-refractivity contribution >= 4 is 17.4 Å². The summed E-state index contributed by atoms with van der Waals surface area (Å²) in [6.45, 7) is 5.47. The highest BCUT2D eigenvalue weighted by Crippen LogP contribution is 2.15. The van der Waals surface area contributed by atoms with Crippen LogP contribution in [0.5, 0.6) is 0 Å². The summed E-state index contributed by atoms with van der Waals surface area (Å²) in [6, 6.07) is 5.90. The monoisotopic (exact) mass is 223 g/mol. The second kappa shape index (κ2) is 5.57. The van der Waals surface area contributed by atoms with E-state index in [4.69, 9.17) is 16.9 Å². The van der Waals surface area contributed by atoms with Gasteiger partial charge in [0, 0.05) is 19.3 Å². The van der Waals surface area contributed by atoms with E-state index in [1.165, 1.54) is 0 Å². The van der Waals surface area contributed by atoms with Crippen molar-refractivity contribution in [3.63, 3.8) is 0 Å². The summed E-state index contributed by atoms with van der Waals surface area (Å²) in [5.74, 6) is 0.867. The van der Waals surface area contributed by atoms with Gasteiger partial charge in [-0.1, -0.05) is 11.6 Å². The number of nitriles is 1. The molecule has 15 heavy (non-hydrogen) atoms.